The maximum atomic E-state index is 12.1. The van der Waals surface area contributed by atoms with Crippen LogP contribution in [0, 0.1) is 5.92 Å². The summed E-state index contributed by atoms with van der Waals surface area (Å²) in [6, 6.07) is 3.66. The van der Waals surface area contributed by atoms with Crippen LogP contribution in [0.2, 0.25) is 0 Å². The number of anilines is 1. The summed E-state index contributed by atoms with van der Waals surface area (Å²) in [5.41, 5.74) is 6.73. The normalized spacial score (nSPS) is 13.6. The molecule has 11 heteroatoms. The van der Waals surface area contributed by atoms with E-state index in [2.05, 4.69) is 25.9 Å². The molecule has 0 unspecified atom stereocenters. The molecule has 1 saturated carbocycles. The highest BCUT2D eigenvalue weighted by molar-refractivity contribution is 5.92. The SMILES string of the molecule is N/C(=C\N(N)CCCCn1cc(NC(=O)CC2CC2)nn1)C(=O)NCc1cccnc1. The Morgan fingerprint density at radius 2 is 2.16 bits per heavy atom. The van der Waals surface area contributed by atoms with Crippen LogP contribution in [0.1, 0.15) is 37.7 Å². The topological polar surface area (TPSA) is 157 Å². The van der Waals surface area contributed by atoms with Crippen molar-refractivity contribution in [2.75, 3.05) is 11.9 Å². The zero-order chi connectivity index (χ0) is 22.1. The van der Waals surface area contributed by atoms with Crippen LogP contribution in [0.5, 0.6) is 0 Å². The van der Waals surface area contributed by atoms with Gasteiger partial charge in [-0.25, -0.2) is 5.84 Å². The fourth-order valence-corrected chi connectivity index (χ4v) is 2.90. The second kappa shape index (κ2) is 11.1. The summed E-state index contributed by atoms with van der Waals surface area (Å²) in [4.78, 5) is 27.8. The van der Waals surface area contributed by atoms with E-state index in [4.69, 9.17) is 11.6 Å². The fraction of sp³-hybridized carbons (Fsp3) is 0.450. The Morgan fingerprint density at radius 1 is 1.32 bits per heavy atom. The summed E-state index contributed by atoms with van der Waals surface area (Å²) >= 11 is 0. The number of hydrogen-bond acceptors (Lipinski definition) is 8. The molecule has 0 atom stereocenters. The second-order valence-corrected chi connectivity index (χ2v) is 7.64. The second-order valence-electron chi connectivity index (χ2n) is 7.64. The number of aromatic nitrogens is 4. The lowest BCUT2D eigenvalue weighted by Crippen LogP contribution is -2.33. The fourth-order valence-electron chi connectivity index (χ4n) is 2.90. The molecule has 2 heterocycles. The third kappa shape index (κ3) is 8.05. The Balaban J connectivity index is 1.31. The van der Waals surface area contributed by atoms with Crippen LogP contribution in [0.15, 0.2) is 42.6 Å². The number of pyridine rings is 1. The lowest BCUT2D eigenvalue weighted by atomic mass is 10.3. The van der Waals surface area contributed by atoms with Gasteiger partial charge < -0.3 is 21.4 Å². The molecule has 0 spiro atoms. The maximum absolute atomic E-state index is 12.1. The quantitative estimate of drug-likeness (QED) is 0.165. The highest BCUT2D eigenvalue weighted by atomic mass is 16.2. The van der Waals surface area contributed by atoms with Crippen molar-refractivity contribution < 1.29 is 9.59 Å². The minimum atomic E-state index is -0.391. The standard InChI is InChI=1S/C20H29N9O2/c21-17(20(31)24-12-16-4-3-7-23-11-16)13-28(22)8-1-2-9-29-14-18(26-27-29)25-19(30)10-15-5-6-15/h3-4,7,11,13-15H,1-2,5-6,8-10,12,21-22H2,(H,24,31)(H,25,30)/b17-13-. The molecule has 0 aromatic carbocycles. The van der Waals surface area contributed by atoms with Crippen molar-refractivity contribution >= 4 is 17.6 Å². The minimum Gasteiger partial charge on any atom is -0.393 e. The maximum Gasteiger partial charge on any atom is 0.268 e. The van der Waals surface area contributed by atoms with Gasteiger partial charge in [-0.3, -0.25) is 19.3 Å². The molecule has 0 bridgehead atoms. The van der Waals surface area contributed by atoms with Crippen LogP contribution in [-0.2, 0) is 22.7 Å². The average molecular weight is 428 g/mol. The van der Waals surface area contributed by atoms with Gasteiger partial charge in [0.15, 0.2) is 5.82 Å². The number of nitrogens with one attached hydrogen (secondary N) is 2. The van der Waals surface area contributed by atoms with Crippen molar-refractivity contribution in [3.05, 3.63) is 48.2 Å². The summed E-state index contributed by atoms with van der Waals surface area (Å²) < 4.78 is 1.68. The molecule has 0 saturated heterocycles. The molecule has 1 aliphatic rings. The van der Waals surface area contributed by atoms with E-state index in [-0.39, 0.29) is 11.6 Å². The van der Waals surface area contributed by atoms with E-state index in [9.17, 15) is 9.59 Å². The van der Waals surface area contributed by atoms with Crippen LogP contribution in [-0.4, -0.2) is 43.3 Å². The largest absolute Gasteiger partial charge is 0.393 e. The summed E-state index contributed by atoms with van der Waals surface area (Å²) in [7, 11) is 0. The lowest BCUT2D eigenvalue weighted by molar-refractivity contribution is -0.118. The van der Waals surface area contributed by atoms with Gasteiger partial charge in [-0.2, -0.15) is 0 Å². The van der Waals surface area contributed by atoms with E-state index < -0.39 is 5.91 Å². The number of hydrazine groups is 1. The number of aryl methyl sites for hydroxylation is 1. The molecule has 2 aromatic heterocycles. The third-order valence-electron chi connectivity index (χ3n) is 4.77. The van der Waals surface area contributed by atoms with Gasteiger partial charge in [0.2, 0.25) is 5.91 Å². The average Bonchev–Trinajstić information content (AvgIpc) is 3.46. The Labute approximate surface area is 180 Å². The van der Waals surface area contributed by atoms with Gasteiger partial charge in [-0.05, 0) is 43.2 Å². The van der Waals surface area contributed by atoms with Crippen molar-refractivity contribution in [3.63, 3.8) is 0 Å². The van der Waals surface area contributed by atoms with Crippen LogP contribution >= 0.6 is 0 Å². The zero-order valence-electron chi connectivity index (χ0n) is 17.4. The number of nitrogens with zero attached hydrogens (tertiary/aromatic N) is 5. The van der Waals surface area contributed by atoms with Crippen molar-refractivity contribution in [2.45, 2.75) is 45.2 Å². The van der Waals surface area contributed by atoms with Gasteiger partial charge >= 0.3 is 0 Å². The molecule has 0 radical (unpaired) electrons. The third-order valence-corrected chi connectivity index (χ3v) is 4.77. The highest BCUT2D eigenvalue weighted by Gasteiger charge is 2.24. The number of rotatable bonds is 12. The molecule has 6 N–H and O–H groups in total. The summed E-state index contributed by atoms with van der Waals surface area (Å²) in [6.07, 6.45) is 10.9. The van der Waals surface area contributed by atoms with E-state index in [1.807, 2.05) is 6.07 Å². The first-order valence-corrected chi connectivity index (χ1v) is 10.4. The summed E-state index contributed by atoms with van der Waals surface area (Å²) in [5, 5.41) is 14.9. The Kier molecular flexibility index (Phi) is 7.93. The molecule has 3 rings (SSSR count). The zero-order valence-corrected chi connectivity index (χ0v) is 17.4. The van der Waals surface area contributed by atoms with Gasteiger partial charge in [0, 0.05) is 44.6 Å². The van der Waals surface area contributed by atoms with E-state index in [0.717, 1.165) is 31.2 Å². The van der Waals surface area contributed by atoms with Crippen LogP contribution in [0.3, 0.4) is 0 Å². The highest BCUT2D eigenvalue weighted by Crippen LogP contribution is 2.32. The number of carbonyl (C=O) groups is 2. The predicted octanol–water partition coefficient (Wildman–Crippen LogP) is 0.484. The Hall–Kier alpha value is -3.47. The number of unbranched alkanes of at least 4 members (excludes halogenated alkanes) is 1. The molecule has 166 valence electrons. The van der Waals surface area contributed by atoms with E-state index >= 15 is 0 Å². The van der Waals surface area contributed by atoms with E-state index in [1.165, 1.54) is 11.2 Å². The van der Waals surface area contributed by atoms with Crippen molar-refractivity contribution in [2.24, 2.45) is 17.5 Å². The Bertz CT molecular complexity index is 893. The number of carbonyl (C=O) groups excluding carboxylic acids is 2. The first kappa shape index (κ1) is 22.2. The Morgan fingerprint density at radius 3 is 2.90 bits per heavy atom. The number of hydrogen-bond donors (Lipinski definition) is 4. The van der Waals surface area contributed by atoms with Crippen molar-refractivity contribution in [3.8, 4) is 0 Å². The number of amides is 2. The molecular weight excluding hydrogens is 398 g/mol. The molecule has 1 aliphatic carbocycles. The van der Waals surface area contributed by atoms with Crippen molar-refractivity contribution in [1.29, 1.82) is 0 Å². The smallest absolute Gasteiger partial charge is 0.268 e. The molecular formula is C20H29N9O2. The van der Waals surface area contributed by atoms with Crippen LogP contribution in [0.4, 0.5) is 5.82 Å². The first-order chi connectivity index (χ1) is 15.0. The van der Waals surface area contributed by atoms with Gasteiger partial charge in [0.1, 0.15) is 5.70 Å². The minimum absolute atomic E-state index is 0.0119. The molecule has 0 aliphatic heterocycles. The van der Waals surface area contributed by atoms with Crippen LogP contribution in [0.25, 0.3) is 0 Å². The summed E-state index contributed by atoms with van der Waals surface area (Å²) in [6.45, 7) is 1.51. The monoisotopic (exact) mass is 427 g/mol. The van der Waals surface area contributed by atoms with Gasteiger partial charge in [-0.1, -0.05) is 11.3 Å². The van der Waals surface area contributed by atoms with E-state index in [1.54, 1.807) is 29.3 Å². The van der Waals surface area contributed by atoms with E-state index in [0.29, 0.717) is 37.8 Å². The number of nitrogens with two attached hydrogens (primary N) is 2. The molecule has 2 amide bonds. The van der Waals surface area contributed by atoms with Gasteiger partial charge in [-0.15, -0.1) is 5.10 Å². The lowest BCUT2D eigenvalue weighted by Gasteiger charge is -2.14. The molecule has 1 fully saturated rings. The van der Waals surface area contributed by atoms with Crippen LogP contribution < -0.4 is 22.2 Å². The first-order valence-electron chi connectivity index (χ1n) is 10.4. The molecule has 31 heavy (non-hydrogen) atoms. The van der Waals surface area contributed by atoms with Gasteiger partial charge in [0.25, 0.3) is 5.91 Å². The summed E-state index contributed by atoms with van der Waals surface area (Å²) in [5.74, 6) is 6.51. The van der Waals surface area contributed by atoms with Gasteiger partial charge in [0.05, 0.1) is 6.20 Å². The molecule has 11 nitrogen and oxygen atoms in total. The van der Waals surface area contributed by atoms with Crippen molar-refractivity contribution in [1.82, 2.24) is 30.3 Å². The predicted molar refractivity (Wildman–Crippen MR) is 114 cm³/mol. The molecule has 2 aromatic rings.